The van der Waals surface area contributed by atoms with Crippen LogP contribution in [0.1, 0.15) is 24.3 Å². The molecule has 0 aromatic carbocycles. The highest BCUT2D eigenvalue weighted by atomic mass is 32.2. The van der Waals surface area contributed by atoms with Crippen LogP contribution in [-0.4, -0.2) is 47.9 Å². The van der Waals surface area contributed by atoms with Crippen molar-refractivity contribution < 1.29 is 13.2 Å². The zero-order valence-electron chi connectivity index (χ0n) is 11.2. The lowest BCUT2D eigenvalue weighted by Gasteiger charge is -2.33. The van der Waals surface area contributed by atoms with Crippen LogP contribution in [0, 0.1) is 0 Å². The molecular formula is C12H19N3O3S. The molecule has 1 atom stereocenters. The number of carbonyl (C=O) groups is 1. The standard InChI is InChI=1S/C12H19N3O3S/c1-3-14-7-10(13)6-11(14)12(16)15-4-5-19(17,18)8-9(15)2/h6-7,9H,3-5,8,13H2,1-2H3. The molecule has 2 rings (SSSR count). The first-order valence-electron chi connectivity index (χ1n) is 6.31. The van der Waals surface area contributed by atoms with Crippen LogP contribution in [0.3, 0.4) is 0 Å². The van der Waals surface area contributed by atoms with Gasteiger partial charge in [-0.3, -0.25) is 4.79 Å². The number of hydrogen-bond donors (Lipinski definition) is 1. The number of hydrogen-bond acceptors (Lipinski definition) is 4. The highest BCUT2D eigenvalue weighted by molar-refractivity contribution is 7.91. The normalized spacial score (nSPS) is 22.4. The van der Waals surface area contributed by atoms with Crippen LogP contribution < -0.4 is 5.73 Å². The van der Waals surface area contributed by atoms with E-state index < -0.39 is 9.84 Å². The van der Waals surface area contributed by atoms with Gasteiger partial charge in [0.25, 0.3) is 5.91 Å². The van der Waals surface area contributed by atoms with Gasteiger partial charge in [-0.05, 0) is 19.9 Å². The summed E-state index contributed by atoms with van der Waals surface area (Å²) in [6.07, 6.45) is 1.72. The molecule has 7 heteroatoms. The number of sulfone groups is 1. The molecule has 0 saturated carbocycles. The van der Waals surface area contributed by atoms with Crippen molar-refractivity contribution in [3.63, 3.8) is 0 Å². The third-order valence-electron chi connectivity index (χ3n) is 3.41. The molecular weight excluding hydrogens is 266 g/mol. The molecule has 6 nitrogen and oxygen atoms in total. The minimum atomic E-state index is -3.02. The lowest BCUT2D eigenvalue weighted by atomic mass is 10.2. The fourth-order valence-corrected chi connectivity index (χ4v) is 3.98. The summed E-state index contributed by atoms with van der Waals surface area (Å²) in [6.45, 7) is 4.59. The van der Waals surface area contributed by atoms with E-state index in [-0.39, 0.29) is 30.0 Å². The maximum atomic E-state index is 12.5. The molecule has 0 spiro atoms. The Morgan fingerprint density at radius 2 is 2.21 bits per heavy atom. The van der Waals surface area contributed by atoms with Crippen molar-refractivity contribution >= 4 is 21.4 Å². The van der Waals surface area contributed by atoms with Gasteiger partial charge < -0.3 is 15.2 Å². The van der Waals surface area contributed by atoms with Gasteiger partial charge >= 0.3 is 0 Å². The van der Waals surface area contributed by atoms with Crippen LogP contribution in [0.2, 0.25) is 0 Å². The van der Waals surface area contributed by atoms with Crippen LogP contribution in [0.15, 0.2) is 12.3 Å². The summed E-state index contributed by atoms with van der Waals surface area (Å²) in [5.74, 6) is -0.0899. The van der Waals surface area contributed by atoms with Crippen molar-refractivity contribution in [2.24, 2.45) is 0 Å². The number of nitrogens with zero attached hydrogens (tertiary/aromatic N) is 2. The highest BCUT2D eigenvalue weighted by Crippen LogP contribution is 2.18. The van der Waals surface area contributed by atoms with Gasteiger partial charge in [-0.25, -0.2) is 8.42 Å². The smallest absolute Gasteiger partial charge is 0.270 e. The van der Waals surface area contributed by atoms with E-state index in [9.17, 15) is 13.2 Å². The average Bonchev–Trinajstić information content (AvgIpc) is 2.68. The zero-order chi connectivity index (χ0) is 14.2. The fourth-order valence-electron chi connectivity index (χ4n) is 2.42. The first-order valence-corrected chi connectivity index (χ1v) is 8.13. The summed E-state index contributed by atoms with van der Waals surface area (Å²) in [7, 11) is -3.02. The molecule has 1 saturated heterocycles. The molecule has 1 unspecified atom stereocenters. The quantitative estimate of drug-likeness (QED) is 0.849. The van der Waals surface area contributed by atoms with Crippen LogP contribution in [-0.2, 0) is 16.4 Å². The Balaban J connectivity index is 2.25. The van der Waals surface area contributed by atoms with Crippen molar-refractivity contribution in [2.45, 2.75) is 26.4 Å². The minimum Gasteiger partial charge on any atom is -0.397 e. The van der Waals surface area contributed by atoms with Gasteiger partial charge in [0, 0.05) is 25.3 Å². The van der Waals surface area contributed by atoms with Crippen LogP contribution in [0.25, 0.3) is 0 Å². The predicted octanol–water partition coefficient (Wildman–Crippen LogP) is 0.349. The number of amides is 1. The lowest BCUT2D eigenvalue weighted by molar-refractivity contribution is 0.0701. The molecule has 1 aromatic rings. The number of aromatic nitrogens is 1. The summed E-state index contributed by atoms with van der Waals surface area (Å²) in [4.78, 5) is 14.1. The van der Waals surface area contributed by atoms with Crippen LogP contribution in [0.4, 0.5) is 5.69 Å². The molecule has 0 bridgehead atoms. The van der Waals surface area contributed by atoms with E-state index in [0.717, 1.165) is 0 Å². The maximum absolute atomic E-state index is 12.5. The van der Waals surface area contributed by atoms with E-state index in [1.807, 2.05) is 6.92 Å². The Kier molecular flexibility index (Phi) is 3.58. The number of nitrogen functional groups attached to an aromatic ring is 1. The topological polar surface area (TPSA) is 85.4 Å². The van der Waals surface area contributed by atoms with Crippen molar-refractivity contribution in [1.29, 1.82) is 0 Å². The number of carbonyl (C=O) groups excluding carboxylic acids is 1. The van der Waals surface area contributed by atoms with Crippen molar-refractivity contribution in [3.8, 4) is 0 Å². The fraction of sp³-hybridized carbons (Fsp3) is 0.583. The van der Waals surface area contributed by atoms with E-state index in [2.05, 4.69) is 0 Å². The molecule has 0 radical (unpaired) electrons. The van der Waals surface area contributed by atoms with Crippen molar-refractivity contribution in [2.75, 3.05) is 23.8 Å². The van der Waals surface area contributed by atoms with Gasteiger partial charge in [0.15, 0.2) is 9.84 Å². The van der Waals surface area contributed by atoms with E-state index in [0.29, 0.717) is 17.9 Å². The van der Waals surface area contributed by atoms with Crippen molar-refractivity contribution in [1.82, 2.24) is 9.47 Å². The number of aryl methyl sites for hydroxylation is 1. The first-order chi connectivity index (χ1) is 8.84. The Morgan fingerprint density at radius 1 is 1.53 bits per heavy atom. The van der Waals surface area contributed by atoms with Gasteiger partial charge in [-0.15, -0.1) is 0 Å². The largest absolute Gasteiger partial charge is 0.397 e. The van der Waals surface area contributed by atoms with Gasteiger partial charge in [0.1, 0.15) is 5.69 Å². The monoisotopic (exact) mass is 285 g/mol. The summed E-state index contributed by atoms with van der Waals surface area (Å²) < 4.78 is 24.8. The number of nitrogens with two attached hydrogens (primary N) is 1. The van der Waals surface area contributed by atoms with Crippen LogP contribution >= 0.6 is 0 Å². The zero-order valence-corrected chi connectivity index (χ0v) is 12.0. The Labute approximate surface area is 113 Å². The minimum absolute atomic E-state index is 0.0288. The number of rotatable bonds is 2. The van der Waals surface area contributed by atoms with Gasteiger partial charge in [-0.2, -0.15) is 0 Å². The molecule has 1 aliphatic rings. The molecule has 1 aliphatic heterocycles. The highest BCUT2D eigenvalue weighted by Gasteiger charge is 2.32. The second-order valence-electron chi connectivity index (χ2n) is 4.91. The second kappa shape index (κ2) is 4.88. The maximum Gasteiger partial charge on any atom is 0.270 e. The Morgan fingerprint density at radius 3 is 2.79 bits per heavy atom. The molecule has 0 aliphatic carbocycles. The Bertz CT molecular complexity index is 591. The van der Waals surface area contributed by atoms with Crippen molar-refractivity contribution in [3.05, 3.63) is 18.0 Å². The lowest BCUT2D eigenvalue weighted by Crippen LogP contribution is -2.50. The third kappa shape index (κ3) is 2.75. The predicted molar refractivity (Wildman–Crippen MR) is 73.7 cm³/mol. The Hall–Kier alpha value is -1.50. The third-order valence-corrected chi connectivity index (χ3v) is 5.20. The average molecular weight is 285 g/mol. The molecule has 106 valence electrons. The molecule has 1 aromatic heterocycles. The molecule has 19 heavy (non-hydrogen) atoms. The SMILES string of the molecule is CCn1cc(N)cc1C(=O)N1CCS(=O)(=O)CC1C. The second-order valence-corrected chi connectivity index (χ2v) is 7.14. The molecule has 2 N–H and O–H groups in total. The molecule has 1 amide bonds. The van der Waals surface area contributed by atoms with Gasteiger partial charge in [0.05, 0.1) is 17.2 Å². The first kappa shape index (κ1) is 13.9. The van der Waals surface area contributed by atoms with E-state index >= 15 is 0 Å². The van der Waals surface area contributed by atoms with Gasteiger partial charge in [0.2, 0.25) is 0 Å². The van der Waals surface area contributed by atoms with E-state index in [1.54, 1.807) is 28.7 Å². The summed E-state index contributed by atoms with van der Waals surface area (Å²) in [5.41, 5.74) is 6.78. The van der Waals surface area contributed by atoms with E-state index in [1.165, 1.54) is 0 Å². The van der Waals surface area contributed by atoms with Gasteiger partial charge in [-0.1, -0.05) is 0 Å². The summed E-state index contributed by atoms with van der Waals surface area (Å²) in [6, 6.07) is 1.34. The molecule has 1 fully saturated rings. The summed E-state index contributed by atoms with van der Waals surface area (Å²) >= 11 is 0. The summed E-state index contributed by atoms with van der Waals surface area (Å²) in [5, 5.41) is 0. The number of anilines is 1. The van der Waals surface area contributed by atoms with Crippen LogP contribution in [0.5, 0.6) is 0 Å². The molecule has 2 heterocycles. The van der Waals surface area contributed by atoms with E-state index in [4.69, 9.17) is 5.73 Å².